The van der Waals surface area contributed by atoms with Crippen LogP contribution in [0.2, 0.25) is 0 Å². The minimum Gasteiger partial charge on any atom is -0.445 e. The number of likely N-dealkylation sites (N-methyl/N-ethyl adjacent to an activating group) is 2. The number of primary amides is 1. The summed E-state index contributed by atoms with van der Waals surface area (Å²) in [5.74, 6) is -7.98. The van der Waals surface area contributed by atoms with Gasteiger partial charge in [0.2, 0.25) is 39.6 Å². The van der Waals surface area contributed by atoms with Gasteiger partial charge in [0.05, 0.1) is 118 Å². The number of ether oxygens (including phenoxy) is 7. The van der Waals surface area contributed by atoms with Crippen LogP contribution in [0.25, 0.3) is 0 Å². The van der Waals surface area contributed by atoms with Crippen LogP contribution in [-0.2, 0) is 94.6 Å². The van der Waals surface area contributed by atoms with Gasteiger partial charge in [0.15, 0.2) is 11.6 Å². The number of nitrogens with zero attached hydrogens (tertiary/aromatic N) is 3. The fourth-order valence-corrected chi connectivity index (χ4v) is 15.3. The molecule has 636 valence electrons. The van der Waals surface area contributed by atoms with E-state index in [1.165, 1.54) is 32.2 Å². The average Bonchev–Trinajstić information content (AvgIpc) is 1.67. The highest BCUT2D eigenvalue weighted by Gasteiger charge is 2.45. The maximum Gasteiger partial charge on any atom is 0.410 e. The van der Waals surface area contributed by atoms with Gasteiger partial charge in [0, 0.05) is 96.7 Å². The molecule has 1 aliphatic carbocycles. The van der Waals surface area contributed by atoms with Gasteiger partial charge in [-0.1, -0.05) is 111 Å². The number of nitrogens with one attached hydrogen (secondary N) is 6. The molecule has 114 heavy (non-hydrogen) atoms. The topological polar surface area (TPSA) is 446 Å². The number of nitrogens with two attached hydrogens (primary N) is 3. The van der Waals surface area contributed by atoms with Gasteiger partial charge in [-0.25, -0.2) is 18.0 Å². The van der Waals surface area contributed by atoms with Crippen molar-refractivity contribution in [2.24, 2.45) is 47.2 Å². The van der Waals surface area contributed by atoms with E-state index in [9.17, 15) is 61.2 Å². The number of nitrogen functional groups attached to an aromatic ring is 2. The van der Waals surface area contributed by atoms with Crippen LogP contribution in [0.5, 0.6) is 0 Å². The van der Waals surface area contributed by atoms with E-state index in [0.717, 1.165) is 0 Å². The Morgan fingerprint density at radius 2 is 1.27 bits per heavy atom. The van der Waals surface area contributed by atoms with E-state index in [2.05, 4.69) is 31.3 Å². The number of benzene rings is 3. The molecule has 1 aliphatic heterocycles. The van der Waals surface area contributed by atoms with Gasteiger partial charge in [-0.15, -0.1) is 0 Å². The van der Waals surface area contributed by atoms with Crippen molar-refractivity contribution in [1.82, 2.24) is 40.7 Å². The molecule has 11 atom stereocenters. The lowest BCUT2D eigenvalue weighted by Crippen LogP contribution is -2.55. The number of rotatable bonds is 53. The number of methoxy groups -OCH3 is 2. The first kappa shape index (κ1) is 95.7. The molecule has 1 saturated heterocycles. The van der Waals surface area contributed by atoms with E-state index in [1.807, 2.05) is 27.7 Å². The fraction of sp³-hybridized carbons (Fsp3) is 0.642. The number of amides is 10. The normalized spacial score (nSPS) is 16.2. The Morgan fingerprint density at radius 3 is 1.84 bits per heavy atom. The molecule has 33 heteroatoms. The van der Waals surface area contributed by atoms with Crippen LogP contribution >= 0.6 is 0 Å². The molecule has 2 fully saturated rings. The molecule has 0 bridgehead atoms. The van der Waals surface area contributed by atoms with Gasteiger partial charge < -0.3 is 91.6 Å². The Labute approximate surface area is 671 Å². The van der Waals surface area contributed by atoms with Crippen molar-refractivity contribution in [1.29, 1.82) is 0 Å². The zero-order chi connectivity index (χ0) is 84.4. The zero-order valence-corrected chi connectivity index (χ0v) is 69.5. The summed E-state index contributed by atoms with van der Waals surface area (Å²) in [6, 6.07) is 14.9. The van der Waals surface area contributed by atoms with Gasteiger partial charge in [-0.2, -0.15) is 0 Å². The number of carbonyl (C=O) groups is 11. The Kier molecular flexibility index (Phi) is 40.7. The minimum absolute atomic E-state index is 0.0189. The lowest BCUT2D eigenvalue weighted by molar-refractivity contribution is -0.149. The number of hydrogen-bond acceptors (Lipinski definition) is 22. The highest BCUT2D eigenvalue weighted by atomic mass is 32.2. The van der Waals surface area contributed by atoms with E-state index in [0.29, 0.717) is 112 Å². The number of urea groups is 1. The molecule has 0 aromatic heterocycles. The number of sulfonamides is 1. The number of likely N-dealkylation sites (tertiary alicyclic amines) is 1. The smallest absolute Gasteiger partial charge is 0.410 e. The first-order chi connectivity index (χ1) is 54.1. The van der Waals surface area contributed by atoms with E-state index >= 15 is 0 Å². The summed E-state index contributed by atoms with van der Waals surface area (Å²) in [5, 5.41) is 13.0. The third-order valence-electron chi connectivity index (χ3n) is 20.8. The van der Waals surface area contributed by atoms with Crippen LogP contribution in [0.15, 0.2) is 72.8 Å². The van der Waals surface area contributed by atoms with Crippen molar-refractivity contribution >= 4 is 92.1 Å². The molecule has 3 aromatic rings. The summed E-state index contributed by atoms with van der Waals surface area (Å²) in [7, 11) is 2.10. The van der Waals surface area contributed by atoms with Crippen molar-refractivity contribution in [3.05, 3.63) is 89.5 Å². The number of hydrogen-bond donors (Lipinski definition) is 9. The molecule has 0 radical (unpaired) electrons. The number of ketones is 2. The molecule has 3 aromatic carbocycles. The van der Waals surface area contributed by atoms with Crippen molar-refractivity contribution in [2.45, 2.75) is 194 Å². The fourth-order valence-electron chi connectivity index (χ4n) is 14.0. The standard InChI is InChI=1S/C81H126N12O20S/c1-14-53(8)73(68(107-12)48-70(97)93-35-19-23-65(93)74(108-13)54(9)75(98)88-64(44-55-20-16-15-17-21-55)78(101)90-114(105,106)60-29-30-60)91(10)79(102)61(50(2)3)47-67(95)72(52(6)7)92(11)81(104)113-49-56-24-27-59(28-25-56)87-77(100)57(22-18-33-86-80(84)103)46-66(94)71(51(4)5)89-69(96)32-36-109-38-40-111-42-43-112-41-39-110-37-34-85-76(99)58-26-31-62(82)63(83)45-58/h15-17,20-21,24-28,31,45,50-54,57,60-61,64-65,68,71-74H,14,18-19,22-23,29-30,32-44,46-49,82-83H2,1-13H3,(H,85,99)(H,87,100)(H,88,98)(H,89,96)(H,90,101)(H3,84,86,103)/t53-,54+,57+,61-,64-,65-,68+,71-,72-,73-,74+/m0/s1. The summed E-state index contributed by atoms with van der Waals surface area (Å²) in [6.07, 6.45) is -0.0567. The van der Waals surface area contributed by atoms with Gasteiger partial charge >= 0.3 is 12.1 Å². The highest BCUT2D eigenvalue weighted by Crippen LogP contribution is 2.33. The molecule has 10 amide bonds. The third-order valence-corrected chi connectivity index (χ3v) is 22.7. The molecule has 0 spiro atoms. The van der Waals surface area contributed by atoms with Crippen LogP contribution in [0.3, 0.4) is 0 Å². The largest absolute Gasteiger partial charge is 0.445 e. The summed E-state index contributed by atoms with van der Waals surface area (Å²) >= 11 is 0. The van der Waals surface area contributed by atoms with Crippen molar-refractivity contribution in [3.8, 4) is 0 Å². The summed E-state index contributed by atoms with van der Waals surface area (Å²) in [4.78, 5) is 155. The van der Waals surface area contributed by atoms with E-state index < -0.39 is 117 Å². The Hall–Kier alpha value is -8.86. The Morgan fingerprint density at radius 1 is 0.640 bits per heavy atom. The molecular weight excluding hydrogens is 1490 g/mol. The maximum atomic E-state index is 15.0. The van der Waals surface area contributed by atoms with Crippen LogP contribution in [0.1, 0.15) is 154 Å². The molecule has 2 aliphatic rings. The highest BCUT2D eigenvalue weighted by molar-refractivity contribution is 7.91. The summed E-state index contributed by atoms with van der Waals surface area (Å²) < 4.78 is 67.9. The molecule has 0 unspecified atom stereocenters. The van der Waals surface area contributed by atoms with Crippen LogP contribution in [0.4, 0.5) is 26.7 Å². The first-order valence-electron chi connectivity index (χ1n) is 39.6. The number of Topliss-reactive ketones (excluding diaryl/α,β-unsaturated/α-hetero) is 2. The molecule has 32 nitrogen and oxygen atoms in total. The summed E-state index contributed by atoms with van der Waals surface area (Å²) in [6.45, 7) is 19.0. The SMILES string of the molecule is CC[C@H](C)[C@@H]([C@@H](CC(=O)N1CCC[C@H]1[C@H](OC)[C@@H](C)C(=O)N[C@@H](Cc1ccccc1)C(=O)NS(=O)(=O)C1CC1)OC)N(C)C(=O)[C@@H](CC(=O)[C@H](C(C)C)N(C)C(=O)OCc1ccc(NC(=O)[C@H](CCCNC(N)=O)CC(=O)[C@@H](NC(=O)CCOCCOCCOCCOCCNC(=O)c2ccc(N)c(N)c2)C(C)C)cc1)C(C)C. The molecule has 5 rings (SSSR count). The second kappa shape index (κ2) is 48.5. The van der Waals surface area contributed by atoms with Crippen molar-refractivity contribution in [3.63, 3.8) is 0 Å². The van der Waals surface area contributed by atoms with E-state index in [1.54, 1.807) is 118 Å². The summed E-state index contributed by atoms with van der Waals surface area (Å²) in [5.41, 5.74) is 19.5. The van der Waals surface area contributed by atoms with Crippen molar-refractivity contribution in [2.75, 3.05) is 118 Å². The van der Waals surface area contributed by atoms with Gasteiger partial charge in [-0.3, -0.25) is 47.9 Å². The lowest BCUT2D eigenvalue weighted by atomic mass is 9.83. The van der Waals surface area contributed by atoms with Crippen LogP contribution in [-0.4, -0.2) is 237 Å². The quantitative estimate of drug-likeness (QED) is 0.0234. The molecule has 1 saturated carbocycles. The first-order valence-corrected chi connectivity index (χ1v) is 41.1. The molecular formula is C81H126N12O20S. The minimum atomic E-state index is -3.93. The molecule has 12 N–H and O–H groups in total. The monoisotopic (exact) mass is 1620 g/mol. The molecule has 1 heterocycles. The Bertz CT molecular complexity index is 3720. The lowest BCUT2D eigenvalue weighted by Gasteiger charge is -2.41. The number of anilines is 3. The zero-order valence-electron chi connectivity index (χ0n) is 68.7. The van der Waals surface area contributed by atoms with Gasteiger partial charge in [-0.05, 0) is 104 Å². The maximum absolute atomic E-state index is 15.0. The predicted octanol–water partition coefficient (Wildman–Crippen LogP) is 5.92. The van der Waals surface area contributed by atoms with E-state index in [-0.39, 0.29) is 125 Å². The third kappa shape index (κ3) is 31.1. The van der Waals surface area contributed by atoms with Crippen LogP contribution < -0.4 is 48.5 Å². The predicted molar refractivity (Wildman–Crippen MR) is 430 cm³/mol. The Balaban J connectivity index is 1.10. The van der Waals surface area contributed by atoms with Crippen molar-refractivity contribution < 1.29 is 94.3 Å². The van der Waals surface area contributed by atoms with Gasteiger partial charge in [0.1, 0.15) is 12.6 Å². The van der Waals surface area contributed by atoms with E-state index in [4.69, 9.17) is 50.4 Å². The second-order valence-corrected chi connectivity index (χ2v) is 32.5. The second-order valence-electron chi connectivity index (χ2n) is 30.5. The van der Waals surface area contributed by atoms with Gasteiger partial charge in [0.25, 0.3) is 11.8 Å². The number of carbonyl (C=O) groups excluding carboxylic acids is 11. The van der Waals surface area contributed by atoms with Crippen LogP contribution in [0, 0.1) is 41.4 Å². The average molecular weight is 1620 g/mol.